The van der Waals surface area contributed by atoms with E-state index < -0.39 is 0 Å². The van der Waals surface area contributed by atoms with Crippen molar-refractivity contribution in [2.45, 2.75) is 45.6 Å². The lowest BCUT2D eigenvalue weighted by Crippen LogP contribution is -2.22. The summed E-state index contributed by atoms with van der Waals surface area (Å²) in [5.74, 6) is 2.64. The Bertz CT molecular complexity index is 153. The molecule has 2 aliphatic carbocycles. The molecule has 0 aromatic carbocycles. The van der Waals surface area contributed by atoms with Gasteiger partial charge in [0.15, 0.2) is 0 Å². The number of hydrogen-bond acceptors (Lipinski definition) is 1. The van der Waals surface area contributed by atoms with E-state index in [1.807, 2.05) is 0 Å². The van der Waals surface area contributed by atoms with Crippen LogP contribution < -0.4 is 0 Å². The van der Waals surface area contributed by atoms with Crippen molar-refractivity contribution in [3.8, 4) is 0 Å². The van der Waals surface area contributed by atoms with Gasteiger partial charge in [-0.1, -0.05) is 13.8 Å². The molecule has 0 radical (unpaired) electrons. The van der Waals surface area contributed by atoms with Crippen LogP contribution in [0.4, 0.5) is 0 Å². The molecule has 0 saturated heterocycles. The highest BCUT2D eigenvalue weighted by Gasteiger charge is 2.39. The topological polar surface area (TPSA) is 9.23 Å². The first kappa shape index (κ1) is 8.55. The smallest absolute Gasteiger partial charge is 0.0606 e. The van der Waals surface area contributed by atoms with Crippen LogP contribution in [0.3, 0.4) is 0 Å². The van der Waals surface area contributed by atoms with Crippen molar-refractivity contribution in [3.63, 3.8) is 0 Å². The molecule has 0 aliphatic heterocycles. The van der Waals surface area contributed by atoms with Gasteiger partial charge in [0.25, 0.3) is 0 Å². The van der Waals surface area contributed by atoms with Crippen LogP contribution in [0.15, 0.2) is 0 Å². The summed E-state index contributed by atoms with van der Waals surface area (Å²) in [5.41, 5.74) is 0. The lowest BCUT2D eigenvalue weighted by atomic mass is 9.98. The summed E-state index contributed by atoms with van der Waals surface area (Å²) in [7, 11) is 0. The molecule has 0 amide bonds. The molecule has 0 aromatic rings. The van der Waals surface area contributed by atoms with Crippen molar-refractivity contribution < 1.29 is 4.74 Å². The predicted molar refractivity (Wildman–Crippen MR) is 50.0 cm³/mol. The fourth-order valence-corrected chi connectivity index (χ4v) is 2.71. The quantitative estimate of drug-likeness (QED) is 0.629. The largest absolute Gasteiger partial charge is 0.378 e. The van der Waals surface area contributed by atoms with Gasteiger partial charge in [-0.15, -0.1) is 0 Å². The summed E-state index contributed by atoms with van der Waals surface area (Å²) < 4.78 is 5.90. The minimum atomic E-state index is 0.631. The summed E-state index contributed by atoms with van der Waals surface area (Å²) in [6.45, 7) is 5.42. The first-order valence-electron chi connectivity index (χ1n) is 5.37. The summed E-state index contributed by atoms with van der Waals surface area (Å²) in [4.78, 5) is 0. The van der Waals surface area contributed by atoms with Crippen LogP contribution >= 0.6 is 0 Å². The van der Waals surface area contributed by atoms with Crippen LogP contribution in [0, 0.1) is 17.8 Å². The number of fused-ring (bicyclic) bond motifs is 2. The highest BCUT2D eigenvalue weighted by Crippen LogP contribution is 2.45. The van der Waals surface area contributed by atoms with E-state index in [1.54, 1.807) is 0 Å². The monoisotopic (exact) mass is 168 g/mol. The van der Waals surface area contributed by atoms with E-state index in [2.05, 4.69) is 13.8 Å². The molecule has 2 aliphatic rings. The van der Waals surface area contributed by atoms with Gasteiger partial charge in [-0.3, -0.25) is 0 Å². The average Bonchev–Trinajstić information content (AvgIpc) is 2.60. The molecule has 1 nitrogen and oxygen atoms in total. The molecule has 0 N–H and O–H groups in total. The predicted octanol–water partition coefficient (Wildman–Crippen LogP) is 2.85. The fraction of sp³-hybridized carbons (Fsp3) is 1.00. The van der Waals surface area contributed by atoms with Gasteiger partial charge in [0.2, 0.25) is 0 Å². The molecular weight excluding hydrogens is 148 g/mol. The third-order valence-electron chi connectivity index (χ3n) is 3.32. The van der Waals surface area contributed by atoms with E-state index in [4.69, 9.17) is 4.74 Å². The van der Waals surface area contributed by atoms with Crippen molar-refractivity contribution in [1.82, 2.24) is 0 Å². The number of rotatable bonds is 3. The second-order valence-corrected chi connectivity index (χ2v) is 4.94. The van der Waals surface area contributed by atoms with Crippen LogP contribution in [0.1, 0.15) is 39.5 Å². The van der Waals surface area contributed by atoms with Crippen LogP contribution in [0.2, 0.25) is 0 Å². The van der Waals surface area contributed by atoms with Crippen LogP contribution in [-0.2, 0) is 4.74 Å². The number of hydrogen-bond donors (Lipinski definition) is 0. The third-order valence-corrected chi connectivity index (χ3v) is 3.32. The Morgan fingerprint density at radius 3 is 2.58 bits per heavy atom. The van der Waals surface area contributed by atoms with E-state index in [9.17, 15) is 0 Å². The molecule has 12 heavy (non-hydrogen) atoms. The minimum Gasteiger partial charge on any atom is -0.378 e. The van der Waals surface area contributed by atoms with Crippen molar-refractivity contribution in [3.05, 3.63) is 0 Å². The zero-order valence-electron chi connectivity index (χ0n) is 8.25. The highest BCUT2D eigenvalue weighted by atomic mass is 16.5. The van der Waals surface area contributed by atoms with Gasteiger partial charge in [-0.2, -0.15) is 0 Å². The molecule has 3 atom stereocenters. The van der Waals surface area contributed by atoms with Gasteiger partial charge in [0.05, 0.1) is 6.10 Å². The van der Waals surface area contributed by atoms with Gasteiger partial charge in [-0.05, 0) is 43.4 Å². The Balaban J connectivity index is 1.76. The average molecular weight is 168 g/mol. The summed E-state index contributed by atoms with van der Waals surface area (Å²) >= 11 is 0. The van der Waals surface area contributed by atoms with Gasteiger partial charge in [0, 0.05) is 6.61 Å². The number of ether oxygens (including phenoxy) is 1. The minimum absolute atomic E-state index is 0.631. The SMILES string of the molecule is CC(C)COC1CC2CCC1C2. The van der Waals surface area contributed by atoms with Gasteiger partial charge in [0.1, 0.15) is 0 Å². The molecule has 2 rings (SSSR count). The van der Waals surface area contributed by atoms with Crippen molar-refractivity contribution in [1.29, 1.82) is 0 Å². The van der Waals surface area contributed by atoms with Gasteiger partial charge >= 0.3 is 0 Å². The summed E-state index contributed by atoms with van der Waals surface area (Å²) in [6.07, 6.45) is 6.37. The second kappa shape index (κ2) is 3.37. The highest BCUT2D eigenvalue weighted by molar-refractivity contribution is 4.90. The maximum atomic E-state index is 5.90. The Morgan fingerprint density at radius 2 is 2.08 bits per heavy atom. The van der Waals surface area contributed by atoms with Crippen LogP contribution in [-0.4, -0.2) is 12.7 Å². The molecule has 2 bridgehead atoms. The molecule has 2 fully saturated rings. The first-order valence-corrected chi connectivity index (χ1v) is 5.37. The van der Waals surface area contributed by atoms with E-state index in [0.717, 1.165) is 18.4 Å². The zero-order valence-corrected chi connectivity index (χ0v) is 8.25. The normalized spacial score (nSPS) is 39.8. The zero-order chi connectivity index (χ0) is 8.55. The van der Waals surface area contributed by atoms with Crippen molar-refractivity contribution >= 4 is 0 Å². The Hall–Kier alpha value is -0.0400. The van der Waals surface area contributed by atoms with Crippen LogP contribution in [0.25, 0.3) is 0 Å². The molecule has 3 unspecified atom stereocenters. The first-order chi connectivity index (χ1) is 5.75. The van der Waals surface area contributed by atoms with Crippen LogP contribution in [0.5, 0.6) is 0 Å². The Labute approximate surface area is 75.5 Å². The van der Waals surface area contributed by atoms with E-state index in [-0.39, 0.29) is 0 Å². The fourth-order valence-electron chi connectivity index (χ4n) is 2.71. The lowest BCUT2D eigenvalue weighted by Gasteiger charge is -2.22. The second-order valence-electron chi connectivity index (χ2n) is 4.94. The standard InChI is InChI=1S/C11H20O/c1-8(2)7-12-11-6-9-3-4-10(11)5-9/h8-11H,3-7H2,1-2H3. The lowest BCUT2D eigenvalue weighted by molar-refractivity contribution is 0.00265. The molecule has 2 saturated carbocycles. The van der Waals surface area contributed by atoms with Gasteiger partial charge < -0.3 is 4.74 Å². The molecule has 0 spiro atoms. The Kier molecular flexibility index (Phi) is 2.40. The maximum absolute atomic E-state index is 5.90. The van der Waals surface area contributed by atoms with E-state index in [1.165, 1.54) is 25.7 Å². The van der Waals surface area contributed by atoms with E-state index in [0.29, 0.717) is 12.0 Å². The van der Waals surface area contributed by atoms with Gasteiger partial charge in [-0.25, -0.2) is 0 Å². The van der Waals surface area contributed by atoms with Crippen molar-refractivity contribution in [2.24, 2.45) is 17.8 Å². The maximum Gasteiger partial charge on any atom is 0.0606 e. The third kappa shape index (κ3) is 1.66. The summed E-state index contributed by atoms with van der Waals surface area (Å²) in [5, 5.41) is 0. The molecule has 1 heteroatoms. The molecular formula is C11H20O. The molecule has 0 heterocycles. The molecule has 70 valence electrons. The van der Waals surface area contributed by atoms with E-state index >= 15 is 0 Å². The van der Waals surface area contributed by atoms with Crippen molar-refractivity contribution in [2.75, 3.05) is 6.61 Å². The molecule has 0 aromatic heterocycles. The summed E-state index contributed by atoms with van der Waals surface area (Å²) in [6, 6.07) is 0. The Morgan fingerprint density at radius 1 is 1.25 bits per heavy atom.